The maximum Gasteiger partial charge on any atom is 0.308 e. The van der Waals surface area contributed by atoms with Crippen molar-refractivity contribution in [1.29, 1.82) is 0 Å². The van der Waals surface area contributed by atoms with Gasteiger partial charge in [0.25, 0.3) is 5.91 Å². The highest BCUT2D eigenvalue weighted by Crippen LogP contribution is 2.46. The number of carbonyl (C=O) groups is 2. The van der Waals surface area contributed by atoms with E-state index in [1.165, 1.54) is 34.0 Å². The van der Waals surface area contributed by atoms with Gasteiger partial charge in [-0.25, -0.2) is 13.4 Å². The van der Waals surface area contributed by atoms with E-state index in [1.807, 2.05) is 18.2 Å². The predicted octanol–water partition coefficient (Wildman–Crippen LogP) is 5.62. The molecular formula is C31H34N4O5S3. The van der Waals surface area contributed by atoms with Crippen molar-refractivity contribution in [3.63, 3.8) is 0 Å². The number of anilines is 1. The second-order valence-electron chi connectivity index (χ2n) is 10.9. The fourth-order valence-corrected chi connectivity index (χ4v) is 9.72. The van der Waals surface area contributed by atoms with Gasteiger partial charge < -0.3 is 10.1 Å². The molecule has 2 aliphatic rings. The van der Waals surface area contributed by atoms with E-state index in [0.29, 0.717) is 18.4 Å². The molecule has 0 atom stereocenters. The van der Waals surface area contributed by atoms with Gasteiger partial charge in [0.05, 0.1) is 28.1 Å². The van der Waals surface area contributed by atoms with Crippen molar-refractivity contribution < 1.29 is 22.7 Å². The van der Waals surface area contributed by atoms with Crippen LogP contribution in [0.5, 0.6) is 0 Å². The molecule has 6 rings (SSSR count). The zero-order valence-corrected chi connectivity index (χ0v) is 26.6. The van der Waals surface area contributed by atoms with Gasteiger partial charge >= 0.3 is 5.97 Å². The van der Waals surface area contributed by atoms with Crippen LogP contribution >= 0.6 is 22.7 Å². The van der Waals surface area contributed by atoms with Crippen molar-refractivity contribution in [2.24, 2.45) is 5.92 Å². The molecular weight excluding hydrogens is 605 g/mol. The Morgan fingerprint density at radius 3 is 2.49 bits per heavy atom. The Bertz CT molecular complexity index is 1720. The lowest BCUT2D eigenvalue weighted by Gasteiger charge is -2.29. The molecule has 226 valence electrons. The average Bonchev–Trinajstić information content (AvgIpc) is 3.61. The van der Waals surface area contributed by atoms with E-state index in [-0.39, 0.29) is 35.8 Å². The van der Waals surface area contributed by atoms with Crippen LogP contribution in [0.15, 0.2) is 53.4 Å². The first-order valence-electron chi connectivity index (χ1n) is 14.5. The van der Waals surface area contributed by atoms with Gasteiger partial charge in [-0.05, 0) is 74.2 Å². The number of esters is 1. The van der Waals surface area contributed by atoms with Gasteiger partial charge in [0.1, 0.15) is 10.0 Å². The van der Waals surface area contributed by atoms with Gasteiger partial charge in [0.15, 0.2) is 0 Å². The number of hydrogen-bond acceptors (Lipinski definition) is 9. The molecule has 4 aromatic rings. The number of piperidine rings is 1. The topological polar surface area (TPSA) is 109 Å². The van der Waals surface area contributed by atoms with Crippen molar-refractivity contribution in [3.8, 4) is 10.6 Å². The smallest absolute Gasteiger partial charge is 0.308 e. The molecule has 9 nitrogen and oxygen atoms in total. The Hall–Kier alpha value is -3.16. The molecule has 43 heavy (non-hydrogen) atoms. The van der Waals surface area contributed by atoms with Crippen LogP contribution in [-0.4, -0.2) is 67.8 Å². The summed E-state index contributed by atoms with van der Waals surface area (Å²) in [7, 11) is -2.40. The number of hydrogen-bond donors (Lipinski definition) is 1. The first kappa shape index (κ1) is 29.9. The number of benzene rings is 2. The number of thiazole rings is 1. The third kappa shape index (κ3) is 5.99. The average molecular weight is 639 g/mol. The Morgan fingerprint density at radius 2 is 1.79 bits per heavy atom. The highest BCUT2D eigenvalue weighted by atomic mass is 32.2. The highest BCUT2D eigenvalue weighted by Gasteiger charge is 2.33. The first-order valence-corrected chi connectivity index (χ1v) is 17.6. The minimum atomic E-state index is -3.75. The maximum atomic E-state index is 13.5. The lowest BCUT2D eigenvalue weighted by atomic mass is 9.99. The zero-order chi connectivity index (χ0) is 30.1. The number of nitrogens with zero attached hydrogens (tertiary/aromatic N) is 3. The molecule has 0 unspecified atom stereocenters. The van der Waals surface area contributed by atoms with Crippen molar-refractivity contribution in [1.82, 2.24) is 14.2 Å². The normalized spacial score (nSPS) is 16.7. The lowest BCUT2D eigenvalue weighted by Crippen LogP contribution is -2.40. The summed E-state index contributed by atoms with van der Waals surface area (Å²) in [6.45, 7) is 5.54. The van der Waals surface area contributed by atoms with Gasteiger partial charge in [-0.3, -0.25) is 14.5 Å². The van der Waals surface area contributed by atoms with E-state index in [9.17, 15) is 18.0 Å². The number of nitrogens with one attached hydrogen (secondary N) is 1. The zero-order valence-electron chi connectivity index (χ0n) is 24.2. The van der Waals surface area contributed by atoms with Crippen LogP contribution in [0, 0.1) is 5.92 Å². The molecule has 2 aromatic carbocycles. The Balaban J connectivity index is 1.23. The van der Waals surface area contributed by atoms with Crippen LogP contribution in [-0.2, 0) is 32.5 Å². The van der Waals surface area contributed by atoms with E-state index < -0.39 is 10.0 Å². The fourth-order valence-electron chi connectivity index (χ4n) is 5.86. The summed E-state index contributed by atoms with van der Waals surface area (Å²) in [5, 5.41) is 4.81. The third-order valence-electron chi connectivity index (χ3n) is 8.15. The standard InChI is InChI=1S/C31H34N4O5S3/c1-3-15-34-16-14-23-26(19-34)42-30(27(23)29-32-24-6-4-5-7-25(24)41-29)33-28(36)20-8-10-22(11-9-20)43(38,39)35-17-12-21(13-18-35)31(37)40-2/h4-11,21H,3,12-19H2,1-2H3,(H,33,36). The molecule has 0 bridgehead atoms. The van der Waals surface area contributed by atoms with Crippen LogP contribution in [0.25, 0.3) is 20.8 Å². The number of fused-ring (bicyclic) bond motifs is 2. The molecule has 4 heterocycles. The summed E-state index contributed by atoms with van der Waals surface area (Å²) in [6, 6.07) is 14.1. The van der Waals surface area contributed by atoms with Crippen LogP contribution in [0.3, 0.4) is 0 Å². The quantitative estimate of drug-likeness (QED) is 0.250. The Kier molecular flexibility index (Phi) is 8.65. The number of sulfonamides is 1. The van der Waals surface area contributed by atoms with E-state index in [0.717, 1.165) is 58.3 Å². The van der Waals surface area contributed by atoms with Crippen molar-refractivity contribution in [2.45, 2.75) is 44.0 Å². The predicted molar refractivity (Wildman–Crippen MR) is 170 cm³/mol. The van der Waals surface area contributed by atoms with Crippen molar-refractivity contribution in [3.05, 3.63) is 64.5 Å². The molecule has 1 amide bonds. The SMILES string of the molecule is CCCN1CCc2c(sc(NC(=O)c3ccc(S(=O)(=O)N4CCC(C(=O)OC)CC4)cc3)c2-c2nc3ccccc3s2)C1. The number of aromatic nitrogens is 1. The number of amides is 1. The Labute approximate surface area is 259 Å². The molecule has 2 aliphatic heterocycles. The molecule has 0 radical (unpaired) electrons. The molecule has 1 saturated heterocycles. The summed E-state index contributed by atoms with van der Waals surface area (Å²) in [5.74, 6) is -0.884. The number of methoxy groups -OCH3 is 1. The van der Waals surface area contributed by atoms with Crippen LogP contribution in [0.4, 0.5) is 5.00 Å². The summed E-state index contributed by atoms with van der Waals surface area (Å²) in [4.78, 5) is 34.1. The van der Waals surface area contributed by atoms with Gasteiger partial charge in [-0.2, -0.15) is 4.31 Å². The van der Waals surface area contributed by atoms with Gasteiger partial charge in [0.2, 0.25) is 10.0 Å². The number of thiophene rings is 1. The van der Waals surface area contributed by atoms with Crippen molar-refractivity contribution >= 4 is 59.8 Å². The second kappa shape index (κ2) is 12.4. The van der Waals surface area contributed by atoms with Gasteiger partial charge in [-0.1, -0.05) is 19.1 Å². The minimum Gasteiger partial charge on any atom is -0.469 e. The minimum absolute atomic E-state index is 0.123. The molecule has 1 N–H and O–H groups in total. The lowest BCUT2D eigenvalue weighted by molar-refractivity contribution is -0.146. The fraction of sp³-hybridized carbons (Fsp3) is 0.387. The van der Waals surface area contributed by atoms with Gasteiger partial charge in [-0.15, -0.1) is 22.7 Å². The summed E-state index contributed by atoms with van der Waals surface area (Å²) in [6.07, 6.45) is 2.83. The molecule has 0 spiro atoms. The van der Waals surface area contributed by atoms with Crippen molar-refractivity contribution in [2.75, 3.05) is 38.6 Å². The largest absolute Gasteiger partial charge is 0.469 e. The highest BCUT2D eigenvalue weighted by molar-refractivity contribution is 7.89. The third-order valence-corrected chi connectivity index (χ3v) is 12.3. The van der Waals surface area contributed by atoms with Crippen LogP contribution in [0.1, 0.15) is 47.0 Å². The van der Waals surface area contributed by atoms with Crippen LogP contribution < -0.4 is 5.32 Å². The maximum absolute atomic E-state index is 13.5. The summed E-state index contributed by atoms with van der Waals surface area (Å²) < 4.78 is 33.8. The number of carbonyl (C=O) groups excluding carboxylic acids is 2. The number of para-hydroxylation sites is 1. The van der Waals surface area contributed by atoms with Crippen LogP contribution in [0.2, 0.25) is 0 Å². The Morgan fingerprint density at radius 1 is 1.05 bits per heavy atom. The molecule has 2 aromatic heterocycles. The van der Waals surface area contributed by atoms with E-state index in [1.54, 1.807) is 34.8 Å². The van der Waals surface area contributed by atoms with Gasteiger partial charge in [0, 0.05) is 42.2 Å². The first-order chi connectivity index (χ1) is 20.8. The summed E-state index contributed by atoms with van der Waals surface area (Å²) in [5.41, 5.74) is 3.57. The number of rotatable bonds is 8. The molecule has 1 fully saturated rings. The van der Waals surface area contributed by atoms with E-state index in [4.69, 9.17) is 9.72 Å². The molecule has 0 aliphatic carbocycles. The second-order valence-corrected chi connectivity index (χ2v) is 15.0. The summed E-state index contributed by atoms with van der Waals surface area (Å²) >= 11 is 3.24. The molecule has 12 heteroatoms. The van der Waals surface area contributed by atoms with E-state index >= 15 is 0 Å². The molecule has 0 saturated carbocycles. The monoisotopic (exact) mass is 638 g/mol. The van der Waals surface area contributed by atoms with E-state index in [2.05, 4.69) is 23.2 Å². The number of ether oxygens (including phenoxy) is 1.